The zero-order chi connectivity index (χ0) is 15.0. The highest BCUT2D eigenvalue weighted by Crippen LogP contribution is 2.16. The summed E-state index contributed by atoms with van der Waals surface area (Å²) in [6.45, 7) is 0.515. The molecule has 1 rings (SSSR count). The van der Waals surface area contributed by atoms with E-state index in [0.29, 0.717) is 19.4 Å². The third kappa shape index (κ3) is 5.26. The lowest BCUT2D eigenvalue weighted by molar-refractivity contribution is -0.140. The summed E-state index contributed by atoms with van der Waals surface area (Å²) in [5.74, 6) is -1.81. The van der Waals surface area contributed by atoms with Crippen LogP contribution in [0.3, 0.4) is 0 Å². The number of esters is 1. The number of carbonyl (C=O) groups is 2. The summed E-state index contributed by atoms with van der Waals surface area (Å²) in [6.07, 6.45) is 2.65. The van der Waals surface area contributed by atoms with Gasteiger partial charge in [0.25, 0.3) is 0 Å². The highest BCUT2D eigenvalue weighted by Gasteiger charge is 2.07. The predicted octanol–water partition coefficient (Wildman–Crippen LogP) is 2.67. The molecule has 0 spiro atoms. The van der Waals surface area contributed by atoms with Crippen molar-refractivity contribution in [2.45, 2.75) is 25.7 Å². The van der Waals surface area contributed by atoms with Crippen molar-refractivity contribution in [2.75, 3.05) is 19.0 Å². The number of rotatable bonds is 8. The number of nitrogens with one attached hydrogen (secondary N) is 1. The number of carboxylic acids is 1. The number of hydrogen-bond acceptors (Lipinski definition) is 4. The molecule has 0 aromatic heterocycles. The van der Waals surface area contributed by atoms with Crippen molar-refractivity contribution in [1.29, 1.82) is 0 Å². The van der Waals surface area contributed by atoms with Crippen molar-refractivity contribution in [3.05, 3.63) is 29.6 Å². The van der Waals surface area contributed by atoms with Gasteiger partial charge < -0.3 is 15.2 Å². The number of methoxy groups -OCH3 is 1. The minimum Gasteiger partial charge on any atom is -0.478 e. The molecular weight excluding hydrogens is 265 g/mol. The van der Waals surface area contributed by atoms with Gasteiger partial charge in [-0.2, -0.15) is 0 Å². The van der Waals surface area contributed by atoms with E-state index in [0.717, 1.165) is 18.9 Å². The second kappa shape index (κ2) is 8.14. The first kappa shape index (κ1) is 15.9. The van der Waals surface area contributed by atoms with Crippen LogP contribution in [0.5, 0.6) is 0 Å². The summed E-state index contributed by atoms with van der Waals surface area (Å²) in [6, 6.07) is 3.62. The van der Waals surface area contributed by atoms with Crippen LogP contribution in [0.15, 0.2) is 18.2 Å². The monoisotopic (exact) mass is 283 g/mol. The van der Waals surface area contributed by atoms with Crippen LogP contribution >= 0.6 is 0 Å². The summed E-state index contributed by atoms with van der Waals surface area (Å²) >= 11 is 0. The maximum Gasteiger partial charge on any atom is 0.335 e. The van der Waals surface area contributed by atoms with E-state index in [9.17, 15) is 14.0 Å². The Bertz CT molecular complexity index is 476. The molecule has 2 N–H and O–H groups in total. The number of unbranched alkanes of at least 4 members (excludes halogenated alkanes) is 2. The molecule has 0 unspecified atom stereocenters. The van der Waals surface area contributed by atoms with Gasteiger partial charge in [0.2, 0.25) is 0 Å². The first-order valence-corrected chi connectivity index (χ1v) is 6.38. The van der Waals surface area contributed by atoms with Gasteiger partial charge in [0.05, 0.1) is 18.4 Å². The number of aromatic carboxylic acids is 1. The standard InChI is InChI=1S/C14H18FNO4/c1-20-13(17)5-3-2-4-8-16-12-9-10(14(18)19)6-7-11(12)15/h6-7,9,16H,2-5,8H2,1H3,(H,18,19). The van der Waals surface area contributed by atoms with Gasteiger partial charge >= 0.3 is 11.9 Å². The van der Waals surface area contributed by atoms with Crippen LogP contribution in [-0.4, -0.2) is 30.7 Å². The lowest BCUT2D eigenvalue weighted by Gasteiger charge is -2.08. The Morgan fingerprint density at radius 1 is 1.30 bits per heavy atom. The Morgan fingerprint density at radius 2 is 2.05 bits per heavy atom. The molecular formula is C14H18FNO4. The van der Waals surface area contributed by atoms with Gasteiger partial charge in [-0.3, -0.25) is 4.79 Å². The van der Waals surface area contributed by atoms with Crippen LogP contribution in [-0.2, 0) is 9.53 Å². The van der Waals surface area contributed by atoms with Crippen LogP contribution in [0.4, 0.5) is 10.1 Å². The largest absolute Gasteiger partial charge is 0.478 e. The van der Waals surface area contributed by atoms with E-state index in [4.69, 9.17) is 5.11 Å². The molecule has 0 aliphatic carbocycles. The second-order valence-electron chi connectivity index (χ2n) is 4.31. The number of hydrogen-bond donors (Lipinski definition) is 2. The first-order valence-electron chi connectivity index (χ1n) is 6.38. The second-order valence-corrected chi connectivity index (χ2v) is 4.31. The number of carbonyl (C=O) groups excluding carboxylic acids is 1. The fourth-order valence-corrected chi connectivity index (χ4v) is 1.69. The van der Waals surface area contributed by atoms with Crippen molar-refractivity contribution in [1.82, 2.24) is 0 Å². The molecule has 5 nitrogen and oxygen atoms in total. The summed E-state index contributed by atoms with van der Waals surface area (Å²) in [5.41, 5.74) is 0.220. The Morgan fingerprint density at radius 3 is 2.70 bits per heavy atom. The third-order valence-electron chi connectivity index (χ3n) is 2.81. The van der Waals surface area contributed by atoms with Crippen molar-refractivity contribution < 1.29 is 23.8 Å². The number of halogens is 1. The fourth-order valence-electron chi connectivity index (χ4n) is 1.69. The highest BCUT2D eigenvalue weighted by atomic mass is 19.1. The topological polar surface area (TPSA) is 75.6 Å². The van der Waals surface area contributed by atoms with Gasteiger partial charge in [-0.1, -0.05) is 6.42 Å². The van der Waals surface area contributed by atoms with E-state index in [2.05, 4.69) is 10.1 Å². The van der Waals surface area contributed by atoms with Crippen LogP contribution in [0, 0.1) is 5.82 Å². The minimum atomic E-state index is -1.09. The molecule has 6 heteroatoms. The molecule has 0 aliphatic rings. The summed E-state index contributed by atoms with van der Waals surface area (Å²) in [5, 5.41) is 11.7. The zero-order valence-corrected chi connectivity index (χ0v) is 11.3. The minimum absolute atomic E-state index is 0.0413. The molecule has 110 valence electrons. The normalized spacial score (nSPS) is 10.1. The summed E-state index contributed by atoms with van der Waals surface area (Å²) < 4.78 is 18.0. The van der Waals surface area contributed by atoms with Crippen LogP contribution in [0.1, 0.15) is 36.0 Å². The number of ether oxygens (including phenoxy) is 1. The van der Waals surface area contributed by atoms with Crippen LogP contribution in [0.25, 0.3) is 0 Å². The maximum atomic E-state index is 13.4. The molecule has 0 amide bonds. The van der Waals surface area contributed by atoms with E-state index in [1.54, 1.807) is 0 Å². The smallest absolute Gasteiger partial charge is 0.335 e. The Labute approximate surface area is 116 Å². The van der Waals surface area contributed by atoms with Crippen LogP contribution in [0.2, 0.25) is 0 Å². The Balaban J connectivity index is 2.33. The molecule has 0 aliphatic heterocycles. The molecule has 0 saturated carbocycles. The van der Waals surface area contributed by atoms with E-state index >= 15 is 0 Å². The number of anilines is 1. The summed E-state index contributed by atoms with van der Waals surface area (Å²) in [4.78, 5) is 21.6. The first-order chi connectivity index (χ1) is 9.54. The van der Waals surface area contributed by atoms with Gasteiger partial charge in [-0.25, -0.2) is 9.18 Å². The zero-order valence-electron chi connectivity index (χ0n) is 11.3. The molecule has 1 aromatic carbocycles. The lowest BCUT2D eigenvalue weighted by atomic mass is 10.1. The van der Waals surface area contributed by atoms with Gasteiger partial charge in [0.15, 0.2) is 0 Å². The third-order valence-corrected chi connectivity index (χ3v) is 2.81. The molecule has 0 atom stereocenters. The quantitative estimate of drug-likeness (QED) is 0.566. The fraction of sp³-hybridized carbons (Fsp3) is 0.429. The summed E-state index contributed by atoms with van der Waals surface area (Å²) in [7, 11) is 1.35. The van der Waals surface area contributed by atoms with Crippen molar-refractivity contribution in [3.63, 3.8) is 0 Å². The van der Waals surface area contributed by atoms with E-state index in [1.807, 2.05) is 0 Å². The van der Waals surface area contributed by atoms with Crippen molar-refractivity contribution in [3.8, 4) is 0 Å². The average Bonchev–Trinajstić information content (AvgIpc) is 2.43. The van der Waals surface area contributed by atoms with Gasteiger partial charge in [-0.15, -0.1) is 0 Å². The van der Waals surface area contributed by atoms with E-state index in [-0.39, 0.29) is 17.2 Å². The van der Waals surface area contributed by atoms with Gasteiger partial charge in [-0.05, 0) is 31.0 Å². The van der Waals surface area contributed by atoms with Crippen molar-refractivity contribution >= 4 is 17.6 Å². The molecule has 0 fully saturated rings. The Hall–Kier alpha value is -2.11. The molecule has 20 heavy (non-hydrogen) atoms. The van der Waals surface area contributed by atoms with E-state index in [1.165, 1.54) is 19.2 Å². The predicted molar refractivity (Wildman–Crippen MR) is 72.3 cm³/mol. The number of benzene rings is 1. The van der Waals surface area contributed by atoms with E-state index < -0.39 is 11.8 Å². The molecule has 1 aromatic rings. The van der Waals surface area contributed by atoms with Crippen molar-refractivity contribution in [2.24, 2.45) is 0 Å². The maximum absolute atomic E-state index is 13.4. The number of carboxylic acid groups (broad SMARTS) is 1. The molecule has 0 saturated heterocycles. The van der Waals surface area contributed by atoms with Gasteiger partial charge in [0, 0.05) is 13.0 Å². The SMILES string of the molecule is COC(=O)CCCCCNc1cc(C(=O)O)ccc1F. The van der Waals surface area contributed by atoms with Gasteiger partial charge in [0.1, 0.15) is 5.82 Å². The molecule has 0 radical (unpaired) electrons. The Kier molecular flexibility index (Phi) is 6.49. The lowest BCUT2D eigenvalue weighted by Crippen LogP contribution is -2.06. The molecule has 0 heterocycles. The van der Waals surface area contributed by atoms with Crippen LogP contribution < -0.4 is 5.32 Å². The molecule has 0 bridgehead atoms. The average molecular weight is 283 g/mol. The highest BCUT2D eigenvalue weighted by molar-refractivity contribution is 5.88.